The second-order valence-corrected chi connectivity index (χ2v) is 7.59. The van der Waals surface area contributed by atoms with Crippen molar-refractivity contribution in [1.29, 1.82) is 0 Å². The van der Waals surface area contributed by atoms with Crippen molar-refractivity contribution in [2.24, 2.45) is 0 Å². The van der Waals surface area contributed by atoms with E-state index in [0.717, 1.165) is 47.6 Å². The lowest BCUT2D eigenvalue weighted by Crippen LogP contribution is -2.31. The molecule has 1 saturated heterocycles. The van der Waals surface area contributed by atoms with Crippen molar-refractivity contribution in [3.63, 3.8) is 0 Å². The number of fused-ring (bicyclic) bond motifs is 1. The first-order valence-corrected chi connectivity index (χ1v) is 9.88. The number of ketones is 1. The fourth-order valence-electron chi connectivity index (χ4n) is 4.38. The second kappa shape index (κ2) is 7.34. The molecule has 0 radical (unpaired) electrons. The molecule has 3 heterocycles. The molecule has 1 aromatic carbocycles. The van der Waals surface area contributed by atoms with E-state index in [1.165, 1.54) is 6.92 Å². The molecule has 6 nitrogen and oxygen atoms in total. The summed E-state index contributed by atoms with van der Waals surface area (Å²) >= 11 is 0. The number of carbonyl (C=O) groups excluding carboxylic acids is 2. The number of benzene rings is 1. The maximum Gasteiger partial charge on any atom is 0.271 e. The zero-order chi connectivity index (χ0) is 19.8. The largest absolute Gasteiger partial charge is 0.490 e. The normalized spacial score (nSPS) is 18.8. The quantitative estimate of drug-likeness (QED) is 0.816. The van der Waals surface area contributed by atoms with Gasteiger partial charge < -0.3 is 19.4 Å². The number of nitrogens with zero attached hydrogens (tertiary/aromatic N) is 1. The van der Waals surface area contributed by atoms with Gasteiger partial charge in [-0.1, -0.05) is 6.07 Å². The van der Waals surface area contributed by atoms with Crippen LogP contribution in [0, 0.1) is 13.8 Å². The number of likely N-dealkylation sites (tertiary alicyclic amines) is 1. The van der Waals surface area contributed by atoms with Crippen LogP contribution < -0.4 is 9.47 Å². The molecule has 2 aromatic rings. The Balaban J connectivity index is 1.64. The van der Waals surface area contributed by atoms with E-state index in [2.05, 4.69) is 4.98 Å². The van der Waals surface area contributed by atoms with Gasteiger partial charge in [0.2, 0.25) is 0 Å². The molecule has 1 N–H and O–H groups in total. The maximum absolute atomic E-state index is 13.3. The van der Waals surface area contributed by atoms with E-state index in [-0.39, 0.29) is 17.7 Å². The molecule has 2 aliphatic heterocycles. The van der Waals surface area contributed by atoms with E-state index in [9.17, 15) is 9.59 Å². The molecule has 148 valence electrons. The maximum atomic E-state index is 13.3. The SMILES string of the molecule is CC(=O)c1c(C)[nH]c(C(=O)N2CCCC2c2ccc3c(c2)OCCCO3)c1C. The van der Waals surface area contributed by atoms with E-state index in [1.54, 1.807) is 0 Å². The first kappa shape index (κ1) is 18.6. The molecule has 1 unspecified atom stereocenters. The molecule has 0 bridgehead atoms. The molecule has 4 rings (SSSR count). The average molecular weight is 382 g/mol. The molecule has 0 aliphatic carbocycles. The van der Waals surface area contributed by atoms with E-state index >= 15 is 0 Å². The number of aryl methyl sites for hydroxylation is 1. The van der Waals surface area contributed by atoms with Crippen LogP contribution in [0.3, 0.4) is 0 Å². The summed E-state index contributed by atoms with van der Waals surface area (Å²) in [6, 6.07) is 5.96. The van der Waals surface area contributed by atoms with Crippen molar-refractivity contribution >= 4 is 11.7 Å². The molecule has 1 aromatic heterocycles. The predicted molar refractivity (Wildman–Crippen MR) is 105 cm³/mol. The van der Waals surface area contributed by atoms with Crippen LogP contribution >= 0.6 is 0 Å². The number of hydrogen-bond acceptors (Lipinski definition) is 4. The first-order valence-electron chi connectivity index (χ1n) is 9.88. The summed E-state index contributed by atoms with van der Waals surface area (Å²) in [5.41, 5.74) is 3.68. The molecular weight excluding hydrogens is 356 g/mol. The van der Waals surface area contributed by atoms with E-state index in [1.807, 2.05) is 36.9 Å². The van der Waals surface area contributed by atoms with Crippen LogP contribution in [0.5, 0.6) is 11.5 Å². The molecule has 1 fully saturated rings. The lowest BCUT2D eigenvalue weighted by molar-refractivity contribution is 0.0729. The molecular formula is C22H26N2O4. The number of carbonyl (C=O) groups is 2. The van der Waals surface area contributed by atoms with Gasteiger partial charge in [0.25, 0.3) is 5.91 Å². The number of ether oxygens (including phenoxy) is 2. The smallest absolute Gasteiger partial charge is 0.271 e. The van der Waals surface area contributed by atoms with Gasteiger partial charge in [0.05, 0.1) is 19.3 Å². The molecule has 0 saturated carbocycles. The van der Waals surface area contributed by atoms with Crippen molar-refractivity contribution in [3.05, 3.63) is 46.3 Å². The van der Waals surface area contributed by atoms with Crippen molar-refractivity contribution in [1.82, 2.24) is 9.88 Å². The minimum atomic E-state index is -0.0530. The highest BCUT2D eigenvalue weighted by Gasteiger charge is 2.33. The Bertz CT molecular complexity index is 931. The summed E-state index contributed by atoms with van der Waals surface area (Å²) in [4.78, 5) is 30.3. The van der Waals surface area contributed by atoms with E-state index in [4.69, 9.17) is 9.47 Å². The molecule has 1 atom stereocenters. The van der Waals surface area contributed by atoms with Gasteiger partial charge in [0.1, 0.15) is 5.69 Å². The Morgan fingerprint density at radius 2 is 1.86 bits per heavy atom. The van der Waals surface area contributed by atoms with Crippen LogP contribution in [0.4, 0.5) is 0 Å². The third-order valence-electron chi connectivity index (χ3n) is 5.67. The number of hydrogen-bond donors (Lipinski definition) is 1. The summed E-state index contributed by atoms with van der Waals surface area (Å²) in [6.45, 7) is 7.21. The Labute approximate surface area is 164 Å². The van der Waals surface area contributed by atoms with Crippen LogP contribution in [0.2, 0.25) is 0 Å². The van der Waals surface area contributed by atoms with Crippen molar-refractivity contribution in [2.75, 3.05) is 19.8 Å². The Morgan fingerprint density at radius 1 is 1.11 bits per heavy atom. The van der Waals surface area contributed by atoms with Crippen molar-refractivity contribution in [2.45, 2.75) is 46.1 Å². The van der Waals surface area contributed by atoms with E-state index in [0.29, 0.717) is 31.0 Å². The number of amides is 1. The summed E-state index contributed by atoms with van der Waals surface area (Å²) in [5.74, 6) is 1.44. The van der Waals surface area contributed by atoms with Crippen LogP contribution in [0.1, 0.15) is 69.9 Å². The van der Waals surface area contributed by atoms with Gasteiger partial charge in [-0.05, 0) is 56.9 Å². The Kier molecular flexibility index (Phi) is 4.87. The molecule has 2 aliphatic rings. The summed E-state index contributed by atoms with van der Waals surface area (Å²) in [6.07, 6.45) is 2.72. The number of nitrogens with one attached hydrogen (secondary N) is 1. The highest BCUT2D eigenvalue weighted by Crippen LogP contribution is 2.38. The van der Waals surface area contributed by atoms with Gasteiger partial charge in [0, 0.05) is 24.2 Å². The first-order chi connectivity index (χ1) is 13.5. The summed E-state index contributed by atoms with van der Waals surface area (Å²) in [7, 11) is 0. The van der Waals surface area contributed by atoms with Crippen molar-refractivity contribution < 1.29 is 19.1 Å². The number of rotatable bonds is 3. The van der Waals surface area contributed by atoms with Crippen molar-refractivity contribution in [3.8, 4) is 11.5 Å². The van der Waals surface area contributed by atoms with Gasteiger partial charge in [0.15, 0.2) is 17.3 Å². The Hall–Kier alpha value is -2.76. The lowest BCUT2D eigenvalue weighted by Gasteiger charge is -2.25. The topological polar surface area (TPSA) is 71.6 Å². The molecule has 28 heavy (non-hydrogen) atoms. The van der Waals surface area contributed by atoms with Crippen LogP contribution in [0.25, 0.3) is 0 Å². The van der Waals surface area contributed by atoms with Crippen LogP contribution in [-0.4, -0.2) is 41.3 Å². The van der Waals surface area contributed by atoms with Gasteiger partial charge in [-0.3, -0.25) is 9.59 Å². The third-order valence-corrected chi connectivity index (χ3v) is 5.67. The average Bonchev–Trinajstić information content (AvgIpc) is 3.18. The minimum absolute atomic E-state index is 0.00608. The second-order valence-electron chi connectivity index (χ2n) is 7.59. The number of aromatic amines is 1. The van der Waals surface area contributed by atoms with Crippen LogP contribution in [0.15, 0.2) is 18.2 Å². The minimum Gasteiger partial charge on any atom is -0.490 e. The lowest BCUT2D eigenvalue weighted by atomic mass is 10.0. The monoisotopic (exact) mass is 382 g/mol. The predicted octanol–water partition coefficient (Wildman–Crippen LogP) is 3.97. The molecule has 0 spiro atoms. The third kappa shape index (κ3) is 3.17. The van der Waals surface area contributed by atoms with Gasteiger partial charge in [-0.2, -0.15) is 0 Å². The zero-order valence-corrected chi connectivity index (χ0v) is 16.6. The fraction of sp³-hybridized carbons (Fsp3) is 0.455. The highest BCUT2D eigenvalue weighted by molar-refractivity contribution is 6.02. The number of Topliss-reactive ketones (excluding diaryl/α,β-unsaturated/α-hetero) is 1. The molecule has 1 amide bonds. The highest BCUT2D eigenvalue weighted by atomic mass is 16.5. The van der Waals surface area contributed by atoms with E-state index < -0.39 is 0 Å². The Morgan fingerprint density at radius 3 is 2.57 bits per heavy atom. The summed E-state index contributed by atoms with van der Waals surface area (Å²) in [5, 5.41) is 0. The van der Waals surface area contributed by atoms with Crippen LogP contribution in [-0.2, 0) is 0 Å². The van der Waals surface area contributed by atoms with Gasteiger partial charge >= 0.3 is 0 Å². The van der Waals surface area contributed by atoms with Gasteiger partial charge in [-0.15, -0.1) is 0 Å². The molecule has 6 heteroatoms. The number of H-pyrrole nitrogens is 1. The standard InChI is InChI=1S/C22H26N2O4/c1-13-20(15(3)25)14(2)23-21(13)22(26)24-9-4-6-17(24)16-7-8-18-19(12-16)28-11-5-10-27-18/h7-8,12,17,23H,4-6,9-11H2,1-3H3. The van der Waals surface area contributed by atoms with Gasteiger partial charge in [-0.25, -0.2) is 0 Å². The summed E-state index contributed by atoms with van der Waals surface area (Å²) < 4.78 is 11.5. The fourth-order valence-corrected chi connectivity index (χ4v) is 4.38. The zero-order valence-electron chi connectivity index (χ0n) is 16.6. The number of aromatic nitrogens is 1.